The predicted molar refractivity (Wildman–Crippen MR) is 83.2 cm³/mol. The molecule has 0 unspecified atom stereocenters. The molecule has 0 fully saturated rings. The molecular formula is C16H13BrN2O. The van der Waals surface area contributed by atoms with Gasteiger partial charge in [-0.2, -0.15) is 5.26 Å². The lowest BCUT2D eigenvalue weighted by Gasteiger charge is -2.25. The van der Waals surface area contributed by atoms with E-state index >= 15 is 0 Å². The Morgan fingerprint density at radius 3 is 2.55 bits per heavy atom. The molecule has 0 bridgehead atoms. The molecule has 0 heterocycles. The number of halogens is 1. The van der Waals surface area contributed by atoms with Crippen molar-refractivity contribution >= 4 is 33.6 Å². The average Bonchev–Trinajstić information content (AvgIpc) is 2.50. The van der Waals surface area contributed by atoms with Gasteiger partial charge in [-0.1, -0.05) is 18.2 Å². The normalized spacial score (nSPS) is 9.80. The summed E-state index contributed by atoms with van der Waals surface area (Å²) in [6, 6.07) is 17.5. The molecule has 0 aliphatic rings. The second-order valence-corrected chi connectivity index (χ2v) is 5.08. The summed E-state index contributed by atoms with van der Waals surface area (Å²) in [6.45, 7) is 0.597. The molecule has 0 aromatic heterocycles. The van der Waals surface area contributed by atoms with Gasteiger partial charge in [-0.15, -0.1) is 0 Å². The molecule has 0 saturated heterocycles. The van der Waals surface area contributed by atoms with Crippen molar-refractivity contribution in [3.8, 4) is 6.07 Å². The molecule has 2 aromatic rings. The summed E-state index contributed by atoms with van der Waals surface area (Å²) in [4.78, 5) is 12.9. The highest BCUT2D eigenvalue weighted by Crippen LogP contribution is 2.32. The van der Waals surface area contributed by atoms with E-state index in [1.165, 1.54) is 0 Å². The minimum atomic E-state index is 0.427. The van der Waals surface area contributed by atoms with E-state index in [2.05, 4.69) is 26.9 Å². The smallest absolute Gasteiger partial charge is 0.150 e. The Bertz CT molecular complexity index is 635. The van der Waals surface area contributed by atoms with Crippen molar-refractivity contribution in [1.82, 2.24) is 0 Å². The number of anilines is 2. The lowest BCUT2D eigenvalue weighted by atomic mass is 10.2. The van der Waals surface area contributed by atoms with E-state index < -0.39 is 0 Å². The van der Waals surface area contributed by atoms with Crippen molar-refractivity contribution in [3.63, 3.8) is 0 Å². The summed E-state index contributed by atoms with van der Waals surface area (Å²) in [7, 11) is 0. The Balaban J connectivity index is 2.41. The van der Waals surface area contributed by atoms with Crippen LogP contribution in [0.3, 0.4) is 0 Å². The van der Waals surface area contributed by atoms with E-state index in [1.807, 2.05) is 36.4 Å². The summed E-state index contributed by atoms with van der Waals surface area (Å²) in [6.07, 6.45) is 1.24. The molecule has 0 radical (unpaired) electrons. The first-order valence-corrected chi connectivity index (χ1v) is 7.00. The zero-order valence-corrected chi connectivity index (χ0v) is 12.4. The fourth-order valence-corrected chi connectivity index (χ4v) is 2.58. The minimum absolute atomic E-state index is 0.427. The zero-order valence-electron chi connectivity index (χ0n) is 10.8. The highest BCUT2D eigenvalue weighted by atomic mass is 79.9. The number of nitrogens with zero attached hydrogens (tertiary/aromatic N) is 2. The van der Waals surface area contributed by atoms with Crippen LogP contribution >= 0.6 is 15.9 Å². The van der Waals surface area contributed by atoms with Crippen LogP contribution in [0.15, 0.2) is 53.0 Å². The van der Waals surface area contributed by atoms with E-state index in [1.54, 1.807) is 12.1 Å². The van der Waals surface area contributed by atoms with Crippen LogP contribution in [0.1, 0.15) is 16.8 Å². The van der Waals surface area contributed by atoms with Gasteiger partial charge in [-0.3, -0.25) is 4.79 Å². The molecule has 0 amide bonds. The van der Waals surface area contributed by atoms with Crippen molar-refractivity contribution < 1.29 is 4.79 Å². The molecule has 2 aromatic carbocycles. The monoisotopic (exact) mass is 328 g/mol. The Morgan fingerprint density at radius 1 is 1.20 bits per heavy atom. The molecule has 0 aliphatic heterocycles. The number of rotatable bonds is 5. The summed E-state index contributed by atoms with van der Waals surface area (Å²) >= 11 is 3.49. The molecule has 100 valence electrons. The van der Waals surface area contributed by atoms with Crippen molar-refractivity contribution in [2.24, 2.45) is 0 Å². The molecule has 4 heteroatoms. The zero-order chi connectivity index (χ0) is 14.4. The number of benzene rings is 2. The van der Waals surface area contributed by atoms with Crippen LogP contribution in [-0.2, 0) is 0 Å². The molecule has 0 atom stereocenters. The number of para-hydroxylation sites is 1. The van der Waals surface area contributed by atoms with Crippen molar-refractivity contribution in [1.29, 1.82) is 5.26 Å². The van der Waals surface area contributed by atoms with Crippen LogP contribution in [0.2, 0.25) is 0 Å². The van der Waals surface area contributed by atoms with Gasteiger partial charge in [-0.05, 0) is 46.3 Å². The van der Waals surface area contributed by atoms with Gasteiger partial charge in [0.05, 0.1) is 18.2 Å². The molecule has 0 spiro atoms. The van der Waals surface area contributed by atoms with Gasteiger partial charge in [-0.25, -0.2) is 0 Å². The van der Waals surface area contributed by atoms with Gasteiger partial charge < -0.3 is 4.90 Å². The van der Waals surface area contributed by atoms with Crippen LogP contribution in [0.5, 0.6) is 0 Å². The fourth-order valence-electron chi connectivity index (χ4n) is 1.97. The number of nitriles is 1. The maximum absolute atomic E-state index is 10.8. The maximum Gasteiger partial charge on any atom is 0.150 e. The predicted octanol–water partition coefficient (Wildman–Crippen LogP) is 4.31. The molecule has 3 nitrogen and oxygen atoms in total. The Labute approximate surface area is 126 Å². The van der Waals surface area contributed by atoms with Crippen LogP contribution < -0.4 is 4.90 Å². The van der Waals surface area contributed by atoms with Crippen LogP contribution in [0.4, 0.5) is 11.4 Å². The molecule has 0 saturated carbocycles. The maximum atomic E-state index is 10.8. The molecule has 0 N–H and O–H groups in total. The van der Waals surface area contributed by atoms with Gasteiger partial charge in [0.1, 0.15) is 6.29 Å². The second-order valence-electron chi connectivity index (χ2n) is 4.22. The topological polar surface area (TPSA) is 44.1 Å². The number of hydrogen-bond acceptors (Lipinski definition) is 3. The van der Waals surface area contributed by atoms with E-state index in [4.69, 9.17) is 5.26 Å². The lowest BCUT2D eigenvalue weighted by Crippen LogP contribution is -2.18. The number of carbonyl (C=O) groups is 1. The summed E-state index contributed by atoms with van der Waals surface area (Å²) < 4.78 is 0.837. The van der Waals surface area contributed by atoms with Gasteiger partial charge in [0, 0.05) is 22.3 Å². The summed E-state index contributed by atoms with van der Waals surface area (Å²) in [5.74, 6) is 0. The lowest BCUT2D eigenvalue weighted by molar-refractivity contribution is 0.112. The average molecular weight is 329 g/mol. The quantitative estimate of drug-likeness (QED) is 0.768. The third-order valence-electron chi connectivity index (χ3n) is 2.91. The summed E-state index contributed by atoms with van der Waals surface area (Å²) in [5, 5.41) is 8.83. The van der Waals surface area contributed by atoms with E-state index in [0.717, 1.165) is 22.1 Å². The Kier molecular flexibility index (Phi) is 4.91. The fraction of sp³-hybridized carbons (Fsp3) is 0.125. The molecular weight excluding hydrogens is 316 g/mol. The summed E-state index contributed by atoms with van der Waals surface area (Å²) in [5.41, 5.74) is 2.58. The van der Waals surface area contributed by atoms with E-state index in [0.29, 0.717) is 18.5 Å². The van der Waals surface area contributed by atoms with Crippen molar-refractivity contribution in [2.45, 2.75) is 6.42 Å². The van der Waals surface area contributed by atoms with Crippen LogP contribution in [0, 0.1) is 11.3 Å². The third-order valence-corrected chi connectivity index (χ3v) is 3.55. The minimum Gasteiger partial charge on any atom is -0.340 e. The second kappa shape index (κ2) is 6.88. The number of aldehydes is 1. The SMILES string of the molecule is N#CCCN(c1ccccc1)c1ccc(C=O)cc1Br. The van der Waals surface area contributed by atoms with Gasteiger partial charge in [0.25, 0.3) is 0 Å². The number of hydrogen-bond donors (Lipinski definition) is 0. The first-order chi connectivity index (χ1) is 9.76. The third kappa shape index (κ3) is 3.25. The van der Waals surface area contributed by atoms with Gasteiger partial charge in [0.15, 0.2) is 0 Å². The molecule has 20 heavy (non-hydrogen) atoms. The first kappa shape index (κ1) is 14.3. The van der Waals surface area contributed by atoms with Crippen molar-refractivity contribution in [3.05, 3.63) is 58.6 Å². The van der Waals surface area contributed by atoms with E-state index in [-0.39, 0.29) is 0 Å². The Morgan fingerprint density at radius 2 is 1.95 bits per heavy atom. The van der Waals surface area contributed by atoms with Gasteiger partial charge >= 0.3 is 0 Å². The van der Waals surface area contributed by atoms with Crippen LogP contribution in [0.25, 0.3) is 0 Å². The molecule has 2 rings (SSSR count). The van der Waals surface area contributed by atoms with Gasteiger partial charge in [0.2, 0.25) is 0 Å². The Hall–Kier alpha value is -2.12. The standard InChI is InChI=1S/C16H13BrN2O/c17-15-11-13(12-20)7-8-16(15)19(10-4-9-18)14-5-2-1-3-6-14/h1-3,5-8,11-12H,4,10H2. The van der Waals surface area contributed by atoms with Crippen molar-refractivity contribution in [2.75, 3.05) is 11.4 Å². The van der Waals surface area contributed by atoms with Crippen LogP contribution in [-0.4, -0.2) is 12.8 Å². The first-order valence-electron chi connectivity index (χ1n) is 6.20. The number of carbonyl (C=O) groups excluding carboxylic acids is 1. The highest BCUT2D eigenvalue weighted by Gasteiger charge is 2.12. The highest BCUT2D eigenvalue weighted by molar-refractivity contribution is 9.10. The largest absolute Gasteiger partial charge is 0.340 e. The van der Waals surface area contributed by atoms with E-state index in [9.17, 15) is 4.79 Å². The molecule has 0 aliphatic carbocycles.